The van der Waals surface area contributed by atoms with Gasteiger partial charge in [-0.25, -0.2) is 8.78 Å². The third-order valence-corrected chi connectivity index (χ3v) is 4.58. The molecule has 0 spiro atoms. The van der Waals surface area contributed by atoms with Gasteiger partial charge < -0.3 is 19.4 Å². The maximum absolute atomic E-state index is 14.0. The van der Waals surface area contributed by atoms with Gasteiger partial charge in [0.2, 0.25) is 0 Å². The fraction of sp³-hybridized carbons (Fsp3) is 0.273. The largest absolute Gasteiger partial charge is 0.493 e. The Morgan fingerprint density at radius 2 is 1.70 bits per heavy atom. The molecule has 0 unspecified atom stereocenters. The molecule has 0 aliphatic rings. The first-order valence-electron chi connectivity index (χ1n) is 9.30. The van der Waals surface area contributed by atoms with E-state index in [1.165, 1.54) is 37.1 Å². The predicted molar refractivity (Wildman–Crippen MR) is 110 cm³/mol. The van der Waals surface area contributed by atoms with Gasteiger partial charge in [0, 0.05) is 24.2 Å². The van der Waals surface area contributed by atoms with Crippen LogP contribution >= 0.6 is 0 Å². The molecule has 3 aromatic rings. The minimum atomic E-state index is -0.901. The Balaban J connectivity index is 2.21. The number of nitrogens with one attached hydrogen (secondary N) is 1. The van der Waals surface area contributed by atoms with Gasteiger partial charge in [0.1, 0.15) is 11.6 Å². The molecule has 30 heavy (non-hydrogen) atoms. The lowest BCUT2D eigenvalue weighted by Gasteiger charge is -2.16. The number of anilines is 1. The summed E-state index contributed by atoms with van der Waals surface area (Å²) in [5, 5.41) is 3.04. The average Bonchev–Trinajstić information content (AvgIpc) is 2.70. The van der Waals surface area contributed by atoms with Crippen LogP contribution in [0, 0.1) is 17.6 Å². The molecular formula is C22H22F2N2O4. The standard InChI is InChI=1S/C22H22F2N2O4/c1-12(2)10-26-11-16(21(27)25-18-6-5-13(23)7-17(18)24)14-8-19(29-3)20(30-4)9-15(14)22(26)28/h5-9,11-12H,10H2,1-4H3,(H,25,27). The number of carbonyl (C=O) groups is 1. The maximum Gasteiger partial charge on any atom is 0.258 e. The van der Waals surface area contributed by atoms with Gasteiger partial charge in [-0.2, -0.15) is 0 Å². The predicted octanol–water partition coefficient (Wildman–Crippen LogP) is 4.21. The highest BCUT2D eigenvalue weighted by Crippen LogP contribution is 2.32. The molecule has 0 radical (unpaired) electrons. The molecule has 0 saturated heterocycles. The van der Waals surface area contributed by atoms with Crippen molar-refractivity contribution in [1.82, 2.24) is 4.57 Å². The van der Waals surface area contributed by atoms with Gasteiger partial charge in [0.15, 0.2) is 11.5 Å². The van der Waals surface area contributed by atoms with E-state index in [9.17, 15) is 18.4 Å². The number of aromatic nitrogens is 1. The molecule has 0 aliphatic carbocycles. The summed E-state index contributed by atoms with van der Waals surface area (Å²) in [6.07, 6.45) is 1.44. The van der Waals surface area contributed by atoms with Crippen LogP contribution in [-0.4, -0.2) is 24.7 Å². The molecule has 0 aliphatic heterocycles. The van der Waals surface area contributed by atoms with E-state index in [2.05, 4.69) is 5.32 Å². The molecule has 8 heteroatoms. The monoisotopic (exact) mass is 416 g/mol. The Kier molecular flexibility index (Phi) is 6.05. The summed E-state index contributed by atoms with van der Waals surface area (Å²) in [6, 6.07) is 5.91. The smallest absolute Gasteiger partial charge is 0.258 e. The lowest BCUT2D eigenvalue weighted by atomic mass is 10.0. The van der Waals surface area contributed by atoms with Crippen LogP contribution in [-0.2, 0) is 6.54 Å². The van der Waals surface area contributed by atoms with Crippen LogP contribution in [0.3, 0.4) is 0 Å². The minimum Gasteiger partial charge on any atom is -0.493 e. The second-order valence-electron chi connectivity index (χ2n) is 7.23. The summed E-state index contributed by atoms with van der Waals surface area (Å²) in [7, 11) is 2.89. The molecule has 0 fully saturated rings. The second-order valence-corrected chi connectivity index (χ2v) is 7.23. The molecule has 1 amide bonds. The van der Waals surface area contributed by atoms with Gasteiger partial charge in [-0.05, 0) is 30.2 Å². The number of methoxy groups -OCH3 is 2. The van der Waals surface area contributed by atoms with Crippen molar-refractivity contribution in [2.24, 2.45) is 5.92 Å². The molecule has 3 rings (SSSR count). The van der Waals surface area contributed by atoms with Crippen LogP contribution < -0.4 is 20.3 Å². The summed E-state index contributed by atoms with van der Waals surface area (Å²) in [6.45, 7) is 4.27. The van der Waals surface area contributed by atoms with Gasteiger partial charge in [-0.1, -0.05) is 13.8 Å². The van der Waals surface area contributed by atoms with Gasteiger partial charge in [0.05, 0.1) is 30.9 Å². The first-order valence-corrected chi connectivity index (χ1v) is 9.30. The second kappa shape index (κ2) is 8.52. The summed E-state index contributed by atoms with van der Waals surface area (Å²) in [5.74, 6) is -1.46. The number of fused-ring (bicyclic) bond motifs is 1. The molecule has 2 aromatic carbocycles. The highest BCUT2D eigenvalue weighted by atomic mass is 19.1. The molecule has 0 saturated carbocycles. The molecule has 0 atom stereocenters. The van der Waals surface area contributed by atoms with Crippen molar-refractivity contribution in [2.75, 3.05) is 19.5 Å². The SMILES string of the molecule is COc1cc2c(C(=O)Nc3ccc(F)cc3F)cn(CC(C)C)c(=O)c2cc1OC. The van der Waals surface area contributed by atoms with E-state index in [4.69, 9.17) is 9.47 Å². The summed E-state index contributed by atoms with van der Waals surface area (Å²) < 4.78 is 39.2. The fourth-order valence-corrected chi connectivity index (χ4v) is 3.21. The number of hydrogen-bond donors (Lipinski definition) is 1. The van der Waals surface area contributed by atoms with Gasteiger partial charge >= 0.3 is 0 Å². The quantitative estimate of drug-likeness (QED) is 0.654. The summed E-state index contributed by atoms with van der Waals surface area (Å²) in [4.78, 5) is 26.0. The Morgan fingerprint density at radius 3 is 2.27 bits per heavy atom. The van der Waals surface area contributed by atoms with E-state index >= 15 is 0 Å². The molecule has 6 nitrogen and oxygen atoms in total. The van der Waals surface area contributed by atoms with Crippen molar-refractivity contribution < 1.29 is 23.0 Å². The number of rotatable bonds is 6. The molecule has 1 heterocycles. The zero-order valence-electron chi connectivity index (χ0n) is 17.1. The van der Waals surface area contributed by atoms with E-state index in [-0.39, 0.29) is 28.1 Å². The van der Waals surface area contributed by atoms with Crippen LogP contribution in [0.25, 0.3) is 10.8 Å². The van der Waals surface area contributed by atoms with Crippen molar-refractivity contribution in [3.63, 3.8) is 0 Å². The molecular weight excluding hydrogens is 394 g/mol. The number of hydrogen-bond acceptors (Lipinski definition) is 4. The van der Waals surface area contributed by atoms with E-state index in [0.29, 0.717) is 29.5 Å². The zero-order valence-corrected chi connectivity index (χ0v) is 17.1. The molecule has 0 bridgehead atoms. The van der Waals surface area contributed by atoms with Crippen molar-refractivity contribution in [3.8, 4) is 11.5 Å². The van der Waals surface area contributed by atoms with Crippen molar-refractivity contribution in [3.05, 3.63) is 64.1 Å². The van der Waals surface area contributed by atoms with Crippen LogP contribution in [0.1, 0.15) is 24.2 Å². The van der Waals surface area contributed by atoms with Gasteiger partial charge in [-0.3, -0.25) is 9.59 Å². The van der Waals surface area contributed by atoms with Crippen molar-refractivity contribution in [1.29, 1.82) is 0 Å². The Hall–Kier alpha value is -3.42. The minimum absolute atomic E-state index is 0.144. The van der Waals surface area contributed by atoms with Gasteiger partial charge in [-0.15, -0.1) is 0 Å². The average molecular weight is 416 g/mol. The number of nitrogens with zero attached hydrogens (tertiary/aromatic N) is 1. The number of pyridine rings is 1. The molecule has 1 N–H and O–H groups in total. The lowest BCUT2D eigenvalue weighted by Crippen LogP contribution is -2.25. The zero-order chi connectivity index (χ0) is 22.0. The Labute approximate surface area is 172 Å². The normalized spacial score (nSPS) is 11.0. The number of amides is 1. The summed E-state index contributed by atoms with van der Waals surface area (Å²) in [5.41, 5.74) is -0.310. The third-order valence-electron chi connectivity index (χ3n) is 4.58. The van der Waals surface area contributed by atoms with Crippen LogP contribution in [0.15, 0.2) is 41.3 Å². The number of ether oxygens (including phenoxy) is 2. The topological polar surface area (TPSA) is 69.6 Å². The number of halogens is 2. The first kappa shape index (κ1) is 21.3. The number of benzene rings is 2. The highest BCUT2D eigenvalue weighted by molar-refractivity contribution is 6.13. The fourth-order valence-electron chi connectivity index (χ4n) is 3.21. The van der Waals surface area contributed by atoms with E-state index in [1.807, 2.05) is 13.8 Å². The van der Waals surface area contributed by atoms with Gasteiger partial charge in [0.25, 0.3) is 11.5 Å². The van der Waals surface area contributed by atoms with E-state index in [0.717, 1.165) is 12.1 Å². The van der Waals surface area contributed by atoms with Crippen LogP contribution in [0.4, 0.5) is 14.5 Å². The Morgan fingerprint density at radius 1 is 1.07 bits per heavy atom. The van der Waals surface area contributed by atoms with E-state index in [1.54, 1.807) is 0 Å². The summed E-state index contributed by atoms with van der Waals surface area (Å²) >= 11 is 0. The van der Waals surface area contributed by atoms with Crippen molar-refractivity contribution >= 4 is 22.4 Å². The lowest BCUT2D eigenvalue weighted by molar-refractivity contribution is 0.102. The molecule has 1 aromatic heterocycles. The highest BCUT2D eigenvalue weighted by Gasteiger charge is 2.20. The van der Waals surface area contributed by atoms with Crippen LogP contribution in [0.5, 0.6) is 11.5 Å². The van der Waals surface area contributed by atoms with Crippen molar-refractivity contribution in [2.45, 2.75) is 20.4 Å². The molecule has 158 valence electrons. The van der Waals surface area contributed by atoms with Crippen LogP contribution in [0.2, 0.25) is 0 Å². The maximum atomic E-state index is 14.0. The Bertz CT molecular complexity index is 1170. The van der Waals surface area contributed by atoms with E-state index < -0.39 is 17.5 Å². The third kappa shape index (κ3) is 4.12. The number of carbonyl (C=O) groups excluding carboxylic acids is 1. The first-order chi connectivity index (χ1) is 14.2.